The molecule has 27 heavy (non-hydrogen) atoms. The molecular weight excluding hydrogens is 457 g/mol. The maximum Gasteiger partial charge on any atom is 0.195 e. The minimum atomic E-state index is 0. The molecule has 0 unspecified atom stereocenters. The fraction of sp³-hybridized carbons (Fsp3) is 0.350. The summed E-state index contributed by atoms with van der Waals surface area (Å²) in [6.07, 6.45) is 0. The molecule has 0 saturated heterocycles. The molecule has 0 bridgehead atoms. The normalized spacial score (nSPS) is 10.6. The van der Waals surface area contributed by atoms with Crippen LogP contribution in [-0.4, -0.2) is 39.9 Å². The Morgan fingerprint density at radius 3 is 2.41 bits per heavy atom. The Bertz CT molecular complexity index is 721. The van der Waals surface area contributed by atoms with Gasteiger partial charge in [0.05, 0.1) is 20.3 Å². The minimum absolute atomic E-state index is 0. The second kappa shape index (κ2) is 12.3. The van der Waals surface area contributed by atoms with Crippen molar-refractivity contribution in [2.75, 3.05) is 39.2 Å². The molecule has 2 N–H and O–H groups in total. The second-order valence-electron chi connectivity index (χ2n) is 5.58. The molecular formula is C20H28IN3O3. The standard InChI is InChI=1S/C20H27N3O3.HI/c1-5-25-18-11-8-16(14-19(18)24-4)23-20(21-3)22-12-13-26-17-9-6-15(2)7-10-17;/h6-11,14H,5,12-13H2,1-4H3,(H2,21,22,23);1H. The van der Waals surface area contributed by atoms with E-state index in [1.807, 2.05) is 49.4 Å². The number of aryl methyl sites for hydroxylation is 1. The van der Waals surface area contributed by atoms with Crippen LogP contribution in [0.25, 0.3) is 0 Å². The predicted octanol–water partition coefficient (Wildman–Crippen LogP) is 4.09. The Morgan fingerprint density at radius 2 is 1.78 bits per heavy atom. The molecule has 2 aromatic carbocycles. The number of nitrogens with one attached hydrogen (secondary N) is 2. The van der Waals surface area contributed by atoms with Crippen LogP contribution in [-0.2, 0) is 0 Å². The van der Waals surface area contributed by atoms with Gasteiger partial charge in [0.25, 0.3) is 0 Å². The van der Waals surface area contributed by atoms with Crippen molar-refractivity contribution in [3.05, 3.63) is 48.0 Å². The molecule has 2 rings (SSSR count). The Hall–Kier alpha value is -2.16. The van der Waals surface area contributed by atoms with Crippen LogP contribution in [0.3, 0.4) is 0 Å². The Labute approximate surface area is 178 Å². The van der Waals surface area contributed by atoms with Crippen molar-refractivity contribution in [2.45, 2.75) is 13.8 Å². The van der Waals surface area contributed by atoms with Gasteiger partial charge < -0.3 is 24.8 Å². The smallest absolute Gasteiger partial charge is 0.195 e. The number of guanidine groups is 1. The van der Waals surface area contributed by atoms with E-state index in [2.05, 4.69) is 22.5 Å². The molecule has 2 aromatic rings. The second-order valence-corrected chi connectivity index (χ2v) is 5.58. The summed E-state index contributed by atoms with van der Waals surface area (Å²) in [6.45, 7) is 5.75. The fourth-order valence-electron chi connectivity index (χ4n) is 2.31. The zero-order valence-electron chi connectivity index (χ0n) is 16.2. The molecule has 0 saturated carbocycles. The zero-order valence-corrected chi connectivity index (χ0v) is 18.6. The Kier molecular flexibility index (Phi) is 10.4. The Balaban J connectivity index is 0.00000364. The largest absolute Gasteiger partial charge is 0.493 e. The number of hydrogen-bond acceptors (Lipinski definition) is 4. The van der Waals surface area contributed by atoms with Crippen LogP contribution in [0.5, 0.6) is 17.2 Å². The lowest BCUT2D eigenvalue weighted by atomic mass is 10.2. The summed E-state index contributed by atoms with van der Waals surface area (Å²) < 4.78 is 16.6. The highest BCUT2D eigenvalue weighted by Crippen LogP contribution is 2.30. The monoisotopic (exact) mass is 485 g/mol. The number of methoxy groups -OCH3 is 1. The zero-order chi connectivity index (χ0) is 18.8. The van der Waals surface area contributed by atoms with Crippen LogP contribution in [0.1, 0.15) is 12.5 Å². The van der Waals surface area contributed by atoms with Crippen molar-refractivity contribution in [3.8, 4) is 17.2 Å². The summed E-state index contributed by atoms with van der Waals surface area (Å²) in [5.74, 6) is 2.91. The predicted molar refractivity (Wildman–Crippen MR) is 121 cm³/mol. The molecule has 0 heterocycles. The van der Waals surface area contributed by atoms with Crippen LogP contribution in [0.2, 0.25) is 0 Å². The first-order chi connectivity index (χ1) is 12.7. The van der Waals surface area contributed by atoms with E-state index in [0.717, 1.165) is 17.2 Å². The van der Waals surface area contributed by atoms with Crippen molar-refractivity contribution >= 4 is 35.6 Å². The summed E-state index contributed by atoms with van der Waals surface area (Å²) >= 11 is 0. The highest BCUT2D eigenvalue weighted by atomic mass is 127. The molecule has 148 valence electrons. The van der Waals surface area contributed by atoms with Gasteiger partial charge in [0.1, 0.15) is 12.4 Å². The first kappa shape index (κ1) is 22.9. The van der Waals surface area contributed by atoms with Crippen molar-refractivity contribution in [2.24, 2.45) is 4.99 Å². The van der Waals surface area contributed by atoms with Crippen LogP contribution >= 0.6 is 24.0 Å². The molecule has 0 spiro atoms. The van der Waals surface area contributed by atoms with Crippen molar-refractivity contribution in [3.63, 3.8) is 0 Å². The lowest BCUT2D eigenvalue weighted by Gasteiger charge is -2.15. The third-order valence-corrected chi connectivity index (χ3v) is 3.63. The fourth-order valence-corrected chi connectivity index (χ4v) is 2.31. The average molecular weight is 485 g/mol. The van der Waals surface area contributed by atoms with Gasteiger partial charge in [0.2, 0.25) is 0 Å². The third-order valence-electron chi connectivity index (χ3n) is 3.63. The van der Waals surface area contributed by atoms with Crippen molar-refractivity contribution in [1.82, 2.24) is 5.32 Å². The van der Waals surface area contributed by atoms with Gasteiger partial charge in [-0.1, -0.05) is 17.7 Å². The lowest BCUT2D eigenvalue weighted by Crippen LogP contribution is -2.33. The molecule has 0 aliphatic heterocycles. The number of nitrogens with zero attached hydrogens (tertiary/aromatic N) is 1. The quantitative estimate of drug-likeness (QED) is 0.255. The van der Waals surface area contributed by atoms with E-state index in [1.165, 1.54) is 5.56 Å². The maximum atomic E-state index is 5.70. The number of anilines is 1. The molecule has 0 aromatic heterocycles. The van der Waals surface area contributed by atoms with Crippen LogP contribution in [0.15, 0.2) is 47.5 Å². The topological polar surface area (TPSA) is 64.1 Å². The summed E-state index contributed by atoms with van der Waals surface area (Å²) in [7, 11) is 3.35. The lowest BCUT2D eigenvalue weighted by molar-refractivity contribution is 0.311. The van der Waals surface area contributed by atoms with Gasteiger partial charge in [0.15, 0.2) is 17.5 Å². The molecule has 0 fully saturated rings. The number of halogens is 1. The van der Waals surface area contributed by atoms with E-state index in [4.69, 9.17) is 14.2 Å². The van der Waals surface area contributed by atoms with E-state index >= 15 is 0 Å². The number of benzene rings is 2. The number of hydrogen-bond donors (Lipinski definition) is 2. The van der Waals surface area contributed by atoms with Crippen LogP contribution in [0, 0.1) is 6.92 Å². The Morgan fingerprint density at radius 1 is 1.04 bits per heavy atom. The minimum Gasteiger partial charge on any atom is -0.493 e. The van der Waals surface area contributed by atoms with Gasteiger partial charge in [-0.15, -0.1) is 24.0 Å². The van der Waals surface area contributed by atoms with Crippen molar-refractivity contribution < 1.29 is 14.2 Å². The summed E-state index contributed by atoms with van der Waals surface area (Å²) in [5.41, 5.74) is 2.07. The highest BCUT2D eigenvalue weighted by molar-refractivity contribution is 14.0. The van der Waals surface area contributed by atoms with Gasteiger partial charge >= 0.3 is 0 Å². The SMILES string of the molecule is CCOc1ccc(NC(=NC)NCCOc2ccc(C)cc2)cc1OC.I. The van der Waals surface area contributed by atoms with Gasteiger partial charge in [-0.3, -0.25) is 4.99 Å². The summed E-state index contributed by atoms with van der Waals surface area (Å²) in [4.78, 5) is 4.22. The molecule has 0 aliphatic rings. The highest BCUT2D eigenvalue weighted by Gasteiger charge is 2.06. The molecule has 0 amide bonds. The summed E-state index contributed by atoms with van der Waals surface area (Å²) in [5, 5.41) is 6.45. The van der Waals surface area contributed by atoms with Crippen LogP contribution in [0.4, 0.5) is 5.69 Å². The van der Waals surface area contributed by atoms with Gasteiger partial charge in [-0.05, 0) is 38.1 Å². The molecule has 7 heteroatoms. The van der Waals surface area contributed by atoms with E-state index in [0.29, 0.717) is 31.5 Å². The summed E-state index contributed by atoms with van der Waals surface area (Å²) in [6, 6.07) is 13.7. The molecule has 0 aliphatic carbocycles. The number of rotatable bonds is 8. The number of ether oxygens (including phenoxy) is 3. The molecule has 0 atom stereocenters. The van der Waals surface area contributed by atoms with Crippen LogP contribution < -0.4 is 24.8 Å². The van der Waals surface area contributed by atoms with E-state index in [9.17, 15) is 0 Å². The van der Waals surface area contributed by atoms with Crippen molar-refractivity contribution in [1.29, 1.82) is 0 Å². The van der Waals surface area contributed by atoms with E-state index in [-0.39, 0.29) is 24.0 Å². The first-order valence-corrected chi connectivity index (χ1v) is 8.64. The van der Waals surface area contributed by atoms with E-state index < -0.39 is 0 Å². The molecule has 6 nitrogen and oxygen atoms in total. The van der Waals surface area contributed by atoms with Gasteiger partial charge in [-0.2, -0.15) is 0 Å². The third kappa shape index (κ3) is 7.54. The number of aliphatic imine (C=N–C) groups is 1. The first-order valence-electron chi connectivity index (χ1n) is 8.64. The molecule has 0 radical (unpaired) electrons. The maximum absolute atomic E-state index is 5.70. The van der Waals surface area contributed by atoms with Gasteiger partial charge in [0, 0.05) is 18.8 Å². The van der Waals surface area contributed by atoms with Gasteiger partial charge in [-0.25, -0.2) is 0 Å². The van der Waals surface area contributed by atoms with E-state index in [1.54, 1.807) is 14.2 Å². The average Bonchev–Trinajstić information content (AvgIpc) is 2.66.